The largest absolute Gasteiger partial charge is 0.347 e. The molecule has 1 aromatic carbocycles. The van der Waals surface area contributed by atoms with E-state index in [1.54, 1.807) is 6.92 Å². The molecule has 0 spiro atoms. The van der Waals surface area contributed by atoms with Gasteiger partial charge in [0.1, 0.15) is 0 Å². The maximum atomic E-state index is 11.6. The number of nitrogens with one attached hydrogen (secondary N) is 2. The van der Waals surface area contributed by atoms with E-state index in [9.17, 15) is 4.79 Å². The molecule has 2 rings (SSSR count). The fourth-order valence-electron chi connectivity index (χ4n) is 1.66. The number of hydrazine groups is 1. The van der Waals surface area contributed by atoms with Gasteiger partial charge in [-0.1, -0.05) is 18.2 Å². The minimum absolute atomic E-state index is 0.168. The van der Waals surface area contributed by atoms with Crippen molar-refractivity contribution >= 4 is 11.6 Å². The molecule has 0 bridgehead atoms. The Morgan fingerprint density at radius 1 is 1.29 bits per heavy atom. The van der Waals surface area contributed by atoms with Gasteiger partial charge < -0.3 is 9.47 Å². The van der Waals surface area contributed by atoms with Crippen LogP contribution in [-0.4, -0.2) is 24.9 Å². The Labute approximate surface area is 100 Å². The van der Waals surface area contributed by atoms with Crippen molar-refractivity contribution in [3.8, 4) is 0 Å². The first-order chi connectivity index (χ1) is 8.18. The van der Waals surface area contributed by atoms with Crippen molar-refractivity contribution in [2.75, 3.05) is 18.6 Å². The van der Waals surface area contributed by atoms with Gasteiger partial charge in [-0.15, -0.1) is 0 Å². The van der Waals surface area contributed by atoms with E-state index in [4.69, 9.17) is 9.47 Å². The number of hydrogen-bond acceptors (Lipinski definition) is 4. The van der Waals surface area contributed by atoms with Gasteiger partial charge >= 0.3 is 0 Å². The Bertz CT molecular complexity index is 375. The lowest BCUT2D eigenvalue weighted by Gasteiger charge is -2.21. The van der Waals surface area contributed by atoms with Gasteiger partial charge in [0.05, 0.1) is 25.3 Å². The van der Waals surface area contributed by atoms with E-state index in [2.05, 4.69) is 10.9 Å². The van der Waals surface area contributed by atoms with E-state index >= 15 is 0 Å². The van der Waals surface area contributed by atoms with Gasteiger partial charge in [-0.2, -0.15) is 0 Å². The fraction of sp³-hybridized carbons (Fsp3) is 0.417. The lowest BCUT2D eigenvalue weighted by molar-refractivity contribution is -0.159. The SMILES string of the molecule is CC1(CC(=O)NNc2ccccc2)OCCO1. The van der Waals surface area contributed by atoms with Crippen LogP contribution in [0.25, 0.3) is 0 Å². The summed E-state index contributed by atoms with van der Waals surface area (Å²) in [4.78, 5) is 11.6. The number of anilines is 1. The van der Waals surface area contributed by atoms with Crippen LogP contribution in [0.5, 0.6) is 0 Å². The first kappa shape index (κ1) is 11.9. The van der Waals surface area contributed by atoms with E-state index in [-0.39, 0.29) is 12.3 Å². The first-order valence-electron chi connectivity index (χ1n) is 5.56. The molecule has 0 radical (unpaired) electrons. The summed E-state index contributed by atoms with van der Waals surface area (Å²) < 4.78 is 10.7. The molecule has 1 aliphatic rings. The minimum atomic E-state index is -0.789. The lowest BCUT2D eigenvalue weighted by atomic mass is 10.2. The normalized spacial score (nSPS) is 17.7. The van der Waals surface area contributed by atoms with Crippen molar-refractivity contribution in [1.29, 1.82) is 0 Å². The van der Waals surface area contributed by atoms with Gasteiger partial charge in [-0.05, 0) is 19.1 Å². The monoisotopic (exact) mass is 236 g/mol. The van der Waals surface area contributed by atoms with Crippen LogP contribution in [-0.2, 0) is 14.3 Å². The highest BCUT2D eigenvalue weighted by Crippen LogP contribution is 2.22. The highest BCUT2D eigenvalue weighted by Gasteiger charge is 2.33. The molecular formula is C12H16N2O3. The lowest BCUT2D eigenvalue weighted by Crippen LogP contribution is -2.37. The molecule has 1 heterocycles. The summed E-state index contributed by atoms with van der Waals surface area (Å²) in [6.45, 7) is 2.84. The van der Waals surface area contributed by atoms with E-state index < -0.39 is 5.79 Å². The number of para-hydroxylation sites is 1. The van der Waals surface area contributed by atoms with Crippen molar-refractivity contribution in [1.82, 2.24) is 5.43 Å². The topological polar surface area (TPSA) is 59.6 Å². The molecule has 0 saturated carbocycles. The number of hydrogen-bond donors (Lipinski definition) is 2. The van der Waals surface area contributed by atoms with Crippen molar-refractivity contribution in [3.05, 3.63) is 30.3 Å². The zero-order valence-electron chi connectivity index (χ0n) is 9.73. The van der Waals surface area contributed by atoms with E-state index in [1.807, 2.05) is 30.3 Å². The molecule has 1 fully saturated rings. The van der Waals surface area contributed by atoms with Gasteiger partial charge in [-0.3, -0.25) is 15.6 Å². The van der Waals surface area contributed by atoms with Crippen molar-refractivity contribution in [3.63, 3.8) is 0 Å². The zero-order chi connectivity index (χ0) is 12.1. The van der Waals surface area contributed by atoms with Crippen LogP contribution in [0.3, 0.4) is 0 Å². The fourth-order valence-corrected chi connectivity index (χ4v) is 1.66. The summed E-state index contributed by atoms with van der Waals surface area (Å²) in [5.41, 5.74) is 6.26. The average Bonchev–Trinajstić information content (AvgIpc) is 2.74. The first-order valence-corrected chi connectivity index (χ1v) is 5.56. The number of benzene rings is 1. The maximum Gasteiger partial charge on any atom is 0.243 e. The summed E-state index contributed by atoms with van der Waals surface area (Å²) in [6, 6.07) is 9.42. The summed E-state index contributed by atoms with van der Waals surface area (Å²) in [6.07, 6.45) is 0.173. The molecule has 0 unspecified atom stereocenters. The van der Waals surface area contributed by atoms with Crippen LogP contribution in [0.2, 0.25) is 0 Å². The average molecular weight is 236 g/mol. The molecule has 1 saturated heterocycles. The van der Waals surface area contributed by atoms with Crippen LogP contribution in [0.15, 0.2) is 30.3 Å². The molecule has 17 heavy (non-hydrogen) atoms. The number of amides is 1. The standard InChI is InChI=1S/C12H16N2O3/c1-12(16-7-8-17-12)9-11(15)14-13-10-5-3-2-4-6-10/h2-6,13H,7-9H2,1H3,(H,14,15). The van der Waals surface area contributed by atoms with E-state index in [1.165, 1.54) is 0 Å². The molecule has 1 aliphatic heterocycles. The summed E-state index contributed by atoms with van der Waals surface area (Å²) in [7, 11) is 0. The minimum Gasteiger partial charge on any atom is -0.347 e. The number of carbonyl (C=O) groups is 1. The molecule has 0 atom stereocenters. The van der Waals surface area contributed by atoms with Crippen LogP contribution >= 0.6 is 0 Å². The molecule has 5 nitrogen and oxygen atoms in total. The zero-order valence-corrected chi connectivity index (χ0v) is 9.73. The molecule has 1 amide bonds. The summed E-state index contributed by atoms with van der Waals surface area (Å²) in [5, 5.41) is 0. The van der Waals surface area contributed by atoms with Gasteiger partial charge in [-0.25, -0.2) is 0 Å². The molecule has 0 aliphatic carbocycles. The van der Waals surface area contributed by atoms with Gasteiger partial charge in [0, 0.05) is 0 Å². The van der Waals surface area contributed by atoms with Gasteiger partial charge in [0.15, 0.2) is 5.79 Å². The van der Waals surface area contributed by atoms with Crippen molar-refractivity contribution in [2.45, 2.75) is 19.1 Å². The molecule has 5 heteroatoms. The molecule has 1 aromatic rings. The second-order valence-corrected chi connectivity index (χ2v) is 4.05. The smallest absolute Gasteiger partial charge is 0.243 e. The summed E-state index contributed by atoms with van der Waals surface area (Å²) in [5.74, 6) is -0.958. The Kier molecular flexibility index (Phi) is 3.61. The molecular weight excluding hydrogens is 220 g/mol. The van der Waals surface area contributed by atoms with Crippen LogP contribution in [0.4, 0.5) is 5.69 Å². The highest BCUT2D eigenvalue weighted by molar-refractivity contribution is 5.78. The van der Waals surface area contributed by atoms with Gasteiger partial charge in [0.25, 0.3) is 0 Å². The van der Waals surface area contributed by atoms with Gasteiger partial charge in [0.2, 0.25) is 5.91 Å². The molecule has 2 N–H and O–H groups in total. The maximum absolute atomic E-state index is 11.6. The van der Waals surface area contributed by atoms with Crippen LogP contribution < -0.4 is 10.9 Å². The third kappa shape index (κ3) is 3.44. The Morgan fingerprint density at radius 3 is 2.59 bits per heavy atom. The van der Waals surface area contributed by atoms with Crippen molar-refractivity contribution in [2.24, 2.45) is 0 Å². The Morgan fingerprint density at radius 2 is 1.94 bits per heavy atom. The summed E-state index contributed by atoms with van der Waals surface area (Å²) >= 11 is 0. The van der Waals surface area contributed by atoms with E-state index in [0.717, 1.165) is 5.69 Å². The second kappa shape index (κ2) is 5.16. The number of rotatable bonds is 4. The predicted octanol–water partition coefficient (Wildman–Crippen LogP) is 1.28. The molecule has 0 aromatic heterocycles. The van der Waals surface area contributed by atoms with Crippen LogP contribution in [0.1, 0.15) is 13.3 Å². The molecule has 92 valence electrons. The number of carbonyl (C=O) groups excluding carboxylic acids is 1. The third-order valence-electron chi connectivity index (χ3n) is 2.50. The van der Waals surface area contributed by atoms with Crippen molar-refractivity contribution < 1.29 is 14.3 Å². The van der Waals surface area contributed by atoms with Crippen LogP contribution in [0, 0.1) is 0 Å². The van der Waals surface area contributed by atoms with E-state index in [0.29, 0.717) is 13.2 Å². The Balaban J connectivity index is 1.78. The second-order valence-electron chi connectivity index (χ2n) is 4.05. The quantitative estimate of drug-likeness (QED) is 0.773. The third-order valence-corrected chi connectivity index (χ3v) is 2.50. The Hall–Kier alpha value is -1.59. The highest BCUT2D eigenvalue weighted by atomic mass is 16.7. The predicted molar refractivity (Wildman–Crippen MR) is 63.1 cm³/mol. The number of ether oxygens (including phenoxy) is 2.